The van der Waals surface area contributed by atoms with Gasteiger partial charge in [-0.2, -0.15) is 0 Å². The van der Waals surface area contributed by atoms with Crippen LogP contribution in [0.5, 0.6) is 0 Å². The van der Waals surface area contributed by atoms with Gasteiger partial charge in [0.15, 0.2) is 0 Å². The molecule has 0 aromatic heterocycles. The van der Waals surface area contributed by atoms with Crippen molar-refractivity contribution in [3.63, 3.8) is 0 Å². The van der Waals surface area contributed by atoms with Crippen molar-refractivity contribution >= 4 is 27.5 Å². The number of hydrogen-bond donors (Lipinski definition) is 3. The van der Waals surface area contributed by atoms with Crippen LogP contribution in [0, 0.1) is 0 Å². The third kappa shape index (κ3) is 3.37. The summed E-state index contributed by atoms with van der Waals surface area (Å²) in [5, 5.41) is 12.2. The van der Waals surface area contributed by atoms with Crippen LogP contribution in [-0.2, 0) is 0 Å². The molecule has 0 aliphatic rings. The number of aliphatic hydroxyl groups excluding tert-OH is 1. The Labute approximate surface area is 125 Å². The Morgan fingerprint density at radius 3 is 2.55 bits per heavy atom. The van der Waals surface area contributed by atoms with Crippen LogP contribution in [0.15, 0.2) is 53.0 Å². The van der Waals surface area contributed by atoms with E-state index in [0.29, 0.717) is 11.3 Å². The fourth-order valence-corrected chi connectivity index (χ4v) is 2.09. The molecule has 4 N–H and O–H groups in total. The summed E-state index contributed by atoms with van der Waals surface area (Å²) in [4.78, 5) is 12.2. The third-order valence-electron chi connectivity index (χ3n) is 2.95. The predicted octanol–water partition coefficient (Wildman–Crippen LogP) is 2.49. The van der Waals surface area contributed by atoms with E-state index in [-0.39, 0.29) is 12.5 Å². The molecule has 0 fully saturated rings. The number of hydrogen-bond acceptors (Lipinski definition) is 3. The number of carbonyl (C=O) groups excluding carboxylic acids is 1. The van der Waals surface area contributed by atoms with Crippen molar-refractivity contribution in [2.45, 2.75) is 6.04 Å². The molecule has 2 aromatic carbocycles. The van der Waals surface area contributed by atoms with E-state index in [1.54, 1.807) is 18.2 Å². The van der Waals surface area contributed by atoms with Gasteiger partial charge in [-0.3, -0.25) is 4.79 Å². The number of halogens is 1. The van der Waals surface area contributed by atoms with Crippen molar-refractivity contribution in [2.24, 2.45) is 0 Å². The molecule has 0 bridgehead atoms. The quantitative estimate of drug-likeness (QED) is 0.752. The summed E-state index contributed by atoms with van der Waals surface area (Å²) in [6.45, 7) is -0.165. The fourth-order valence-electron chi connectivity index (χ4n) is 1.85. The number of nitrogen functional groups attached to an aromatic ring is 1. The molecule has 20 heavy (non-hydrogen) atoms. The zero-order valence-electron chi connectivity index (χ0n) is 10.7. The normalized spacial score (nSPS) is 11.9. The smallest absolute Gasteiger partial charge is 0.251 e. The van der Waals surface area contributed by atoms with Crippen molar-refractivity contribution in [1.29, 1.82) is 0 Å². The van der Waals surface area contributed by atoms with Gasteiger partial charge in [0, 0.05) is 15.7 Å². The molecule has 1 atom stereocenters. The number of amides is 1. The Bertz CT molecular complexity index is 602. The summed E-state index contributed by atoms with van der Waals surface area (Å²) in [6.07, 6.45) is 0. The Kier molecular flexibility index (Phi) is 4.76. The van der Waals surface area contributed by atoms with Crippen molar-refractivity contribution < 1.29 is 9.90 Å². The van der Waals surface area contributed by atoms with E-state index in [9.17, 15) is 9.90 Å². The summed E-state index contributed by atoms with van der Waals surface area (Å²) in [7, 11) is 0. The zero-order chi connectivity index (χ0) is 14.5. The molecule has 0 aliphatic carbocycles. The van der Waals surface area contributed by atoms with Crippen LogP contribution in [0.4, 0.5) is 5.69 Å². The number of aliphatic hydroxyl groups is 1. The Morgan fingerprint density at radius 2 is 1.95 bits per heavy atom. The first-order chi connectivity index (χ1) is 9.61. The third-order valence-corrected chi connectivity index (χ3v) is 3.67. The van der Waals surface area contributed by atoms with Gasteiger partial charge in [0.05, 0.1) is 12.6 Å². The molecule has 0 radical (unpaired) electrons. The van der Waals surface area contributed by atoms with Crippen LogP contribution in [0.25, 0.3) is 0 Å². The predicted molar refractivity (Wildman–Crippen MR) is 82.3 cm³/mol. The fraction of sp³-hybridized carbons (Fsp3) is 0.133. The SMILES string of the molecule is Nc1cc(C(=O)N[C@H](CO)c2ccccc2)ccc1Br. The van der Waals surface area contributed by atoms with Gasteiger partial charge in [-0.25, -0.2) is 0 Å². The molecule has 0 unspecified atom stereocenters. The van der Waals surface area contributed by atoms with Crippen LogP contribution in [0.2, 0.25) is 0 Å². The highest BCUT2D eigenvalue weighted by Gasteiger charge is 2.15. The topological polar surface area (TPSA) is 75.4 Å². The number of nitrogens with one attached hydrogen (secondary N) is 1. The second-order valence-corrected chi connectivity index (χ2v) is 5.21. The number of rotatable bonds is 4. The van der Waals surface area contributed by atoms with Gasteiger partial charge in [0.2, 0.25) is 0 Å². The molecule has 0 saturated carbocycles. The van der Waals surface area contributed by atoms with Crippen molar-refractivity contribution in [1.82, 2.24) is 5.32 Å². The Hall–Kier alpha value is -1.85. The summed E-state index contributed by atoms with van der Waals surface area (Å²) in [6, 6.07) is 13.9. The minimum Gasteiger partial charge on any atom is -0.398 e. The van der Waals surface area contributed by atoms with Crippen LogP contribution >= 0.6 is 15.9 Å². The molecule has 0 heterocycles. The summed E-state index contributed by atoms with van der Waals surface area (Å²) < 4.78 is 0.746. The van der Waals surface area contributed by atoms with Gasteiger partial charge >= 0.3 is 0 Å². The maximum atomic E-state index is 12.2. The molecule has 2 aromatic rings. The Balaban J connectivity index is 2.15. The monoisotopic (exact) mass is 334 g/mol. The first kappa shape index (κ1) is 14.6. The summed E-state index contributed by atoms with van der Waals surface area (Å²) in [5.41, 5.74) is 7.57. The van der Waals surface area contributed by atoms with Crippen LogP contribution in [-0.4, -0.2) is 17.6 Å². The lowest BCUT2D eigenvalue weighted by atomic mass is 10.1. The van der Waals surface area contributed by atoms with E-state index in [1.807, 2.05) is 30.3 Å². The zero-order valence-corrected chi connectivity index (χ0v) is 12.3. The lowest BCUT2D eigenvalue weighted by Gasteiger charge is -2.17. The van der Waals surface area contributed by atoms with Gasteiger partial charge in [-0.05, 0) is 39.7 Å². The highest BCUT2D eigenvalue weighted by atomic mass is 79.9. The molecule has 1 amide bonds. The minimum absolute atomic E-state index is 0.165. The van der Waals surface area contributed by atoms with E-state index < -0.39 is 6.04 Å². The van der Waals surface area contributed by atoms with Gasteiger partial charge < -0.3 is 16.2 Å². The van der Waals surface area contributed by atoms with Crippen molar-refractivity contribution in [3.05, 3.63) is 64.1 Å². The molecular formula is C15H15BrN2O2. The molecule has 4 nitrogen and oxygen atoms in total. The minimum atomic E-state index is -0.437. The lowest BCUT2D eigenvalue weighted by Crippen LogP contribution is -2.30. The maximum Gasteiger partial charge on any atom is 0.251 e. The van der Waals surface area contributed by atoms with E-state index in [0.717, 1.165) is 10.0 Å². The van der Waals surface area contributed by atoms with E-state index in [2.05, 4.69) is 21.2 Å². The van der Waals surface area contributed by atoms with Crippen LogP contribution < -0.4 is 11.1 Å². The lowest BCUT2D eigenvalue weighted by molar-refractivity contribution is 0.0916. The summed E-state index contributed by atoms with van der Waals surface area (Å²) in [5.74, 6) is -0.271. The highest BCUT2D eigenvalue weighted by molar-refractivity contribution is 9.10. The maximum absolute atomic E-state index is 12.2. The van der Waals surface area contributed by atoms with Crippen LogP contribution in [0.3, 0.4) is 0 Å². The van der Waals surface area contributed by atoms with E-state index in [4.69, 9.17) is 5.73 Å². The van der Waals surface area contributed by atoms with E-state index >= 15 is 0 Å². The first-order valence-corrected chi connectivity index (χ1v) is 6.93. The molecular weight excluding hydrogens is 320 g/mol. The van der Waals surface area contributed by atoms with Gasteiger partial charge in [-0.1, -0.05) is 30.3 Å². The molecule has 0 spiro atoms. The average Bonchev–Trinajstić information content (AvgIpc) is 2.48. The highest BCUT2D eigenvalue weighted by Crippen LogP contribution is 2.21. The second-order valence-electron chi connectivity index (χ2n) is 4.36. The summed E-state index contributed by atoms with van der Waals surface area (Å²) >= 11 is 3.28. The van der Waals surface area contributed by atoms with Gasteiger partial charge in [-0.15, -0.1) is 0 Å². The standard InChI is InChI=1S/C15H15BrN2O2/c16-12-7-6-11(8-13(12)17)15(20)18-14(9-19)10-4-2-1-3-5-10/h1-8,14,19H,9,17H2,(H,18,20)/t14-/m1/s1. The average molecular weight is 335 g/mol. The van der Waals surface area contributed by atoms with Gasteiger partial charge in [0.1, 0.15) is 0 Å². The van der Waals surface area contributed by atoms with Gasteiger partial charge in [0.25, 0.3) is 5.91 Å². The Morgan fingerprint density at radius 1 is 1.25 bits per heavy atom. The molecule has 0 aliphatic heterocycles. The van der Waals surface area contributed by atoms with Crippen LogP contribution in [0.1, 0.15) is 22.0 Å². The number of benzene rings is 2. The molecule has 2 rings (SSSR count). The number of anilines is 1. The molecule has 0 saturated heterocycles. The van der Waals surface area contributed by atoms with Crippen molar-refractivity contribution in [3.8, 4) is 0 Å². The number of nitrogens with two attached hydrogens (primary N) is 1. The first-order valence-electron chi connectivity index (χ1n) is 6.13. The largest absolute Gasteiger partial charge is 0.398 e. The van der Waals surface area contributed by atoms with E-state index in [1.165, 1.54) is 0 Å². The van der Waals surface area contributed by atoms with Crippen molar-refractivity contribution in [2.75, 3.05) is 12.3 Å². The number of carbonyl (C=O) groups is 1. The molecule has 5 heteroatoms. The molecule has 104 valence electrons. The second kappa shape index (κ2) is 6.54.